The molecule has 0 aliphatic heterocycles. The molecule has 0 heterocycles. The van der Waals surface area contributed by atoms with Crippen LogP contribution < -0.4 is 11.1 Å². The summed E-state index contributed by atoms with van der Waals surface area (Å²) in [6, 6.07) is -1.21. The summed E-state index contributed by atoms with van der Waals surface area (Å²) in [5.74, 6) is -0.637. The van der Waals surface area contributed by atoms with Crippen LogP contribution >= 0.6 is 0 Å². The quantitative estimate of drug-likeness (QED) is 0.514. The summed E-state index contributed by atoms with van der Waals surface area (Å²) in [4.78, 5) is 22.6. The van der Waals surface area contributed by atoms with Gasteiger partial charge in [-0.05, 0) is 24.7 Å². The molecule has 0 spiro atoms. The topological polar surface area (TPSA) is 81.4 Å². The molecule has 0 aromatic rings. The zero-order chi connectivity index (χ0) is 12.3. The molecule has 1 amide bonds. The summed E-state index contributed by atoms with van der Waals surface area (Å²) in [5.41, 5.74) is 5.74. The molecule has 0 saturated heterocycles. The number of hydrogen-bond donors (Lipinski definition) is 2. The van der Waals surface area contributed by atoms with Crippen LogP contribution in [0.15, 0.2) is 0 Å². The van der Waals surface area contributed by atoms with E-state index in [2.05, 4.69) is 23.9 Å². The molecule has 3 N–H and O–H groups in total. The van der Waals surface area contributed by atoms with Gasteiger partial charge in [0.15, 0.2) is 6.04 Å². The van der Waals surface area contributed by atoms with E-state index in [1.807, 2.05) is 0 Å². The molecule has 1 aliphatic rings. The van der Waals surface area contributed by atoms with Crippen molar-refractivity contribution in [2.24, 2.45) is 17.1 Å². The monoisotopic (exact) mass is 228 g/mol. The van der Waals surface area contributed by atoms with Gasteiger partial charge >= 0.3 is 5.97 Å². The highest BCUT2D eigenvalue weighted by molar-refractivity contribution is 6.01. The van der Waals surface area contributed by atoms with Crippen LogP contribution in [0.2, 0.25) is 0 Å². The van der Waals surface area contributed by atoms with Gasteiger partial charge < -0.3 is 15.8 Å². The Morgan fingerprint density at radius 3 is 2.56 bits per heavy atom. The highest BCUT2D eigenvalue weighted by Crippen LogP contribution is 2.50. The Hall–Kier alpha value is -1.10. The summed E-state index contributed by atoms with van der Waals surface area (Å²) in [5, 5.41) is 2.67. The van der Waals surface area contributed by atoms with E-state index >= 15 is 0 Å². The molecule has 1 aliphatic carbocycles. The first-order chi connectivity index (χ1) is 7.38. The van der Waals surface area contributed by atoms with E-state index in [0.717, 1.165) is 6.42 Å². The Morgan fingerprint density at radius 2 is 2.12 bits per heavy atom. The van der Waals surface area contributed by atoms with Crippen molar-refractivity contribution in [3.8, 4) is 0 Å². The van der Waals surface area contributed by atoms with Gasteiger partial charge in [0.2, 0.25) is 5.91 Å². The molecule has 0 radical (unpaired) electrons. The number of esters is 1. The van der Waals surface area contributed by atoms with Crippen LogP contribution in [0, 0.1) is 11.3 Å². The lowest BCUT2D eigenvalue weighted by Crippen LogP contribution is -2.47. The third-order valence-corrected chi connectivity index (χ3v) is 3.06. The highest BCUT2D eigenvalue weighted by atomic mass is 16.5. The number of carbonyl (C=O) groups excluding carboxylic acids is 2. The Bertz CT molecular complexity index is 289. The number of amides is 1. The molecule has 0 aromatic heterocycles. The van der Waals surface area contributed by atoms with Gasteiger partial charge in [0.1, 0.15) is 0 Å². The molecule has 2 unspecified atom stereocenters. The van der Waals surface area contributed by atoms with Crippen LogP contribution in [0.3, 0.4) is 0 Å². The molecule has 1 rings (SSSR count). The Balaban J connectivity index is 2.27. The third kappa shape index (κ3) is 3.20. The van der Waals surface area contributed by atoms with Crippen molar-refractivity contribution < 1.29 is 14.3 Å². The lowest BCUT2D eigenvalue weighted by atomic mass is 10.1. The maximum Gasteiger partial charge on any atom is 0.332 e. The first-order valence-corrected chi connectivity index (χ1v) is 5.58. The number of ether oxygens (including phenoxy) is 1. The summed E-state index contributed by atoms with van der Waals surface area (Å²) in [7, 11) is 0. The fourth-order valence-corrected chi connectivity index (χ4v) is 1.60. The average molecular weight is 228 g/mol. The minimum atomic E-state index is -1.21. The first kappa shape index (κ1) is 13.0. The van der Waals surface area contributed by atoms with Gasteiger partial charge in [-0.1, -0.05) is 13.8 Å². The van der Waals surface area contributed by atoms with E-state index in [1.54, 1.807) is 6.92 Å². The van der Waals surface area contributed by atoms with Gasteiger partial charge in [-0.3, -0.25) is 4.79 Å². The fraction of sp³-hybridized carbons (Fsp3) is 0.818. The van der Waals surface area contributed by atoms with E-state index in [-0.39, 0.29) is 6.61 Å². The highest BCUT2D eigenvalue weighted by Gasteiger charge is 2.45. The van der Waals surface area contributed by atoms with Gasteiger partial charge in [0.05, 0.1) is 6.61 Å². The van der Waals surface area contributed by atoms with Crippen molar-refractivity contribution in [1.29, 1.82) is 0 Å². The molecule has 5 nitrogen and oxygen atoms in total. The van der Waals surface area contributed by atoms with Crippen molar-refractivity contribution in [2.45, 2.75) is 33.2 Å². The van der Waals surface area contributed by atoms with Crippen LogP contribution in [-0.4, -0.2) is 31.1 Å². The fourth-order valence-electron chi connectivity index (χ4n) is 1.60. The molecular weight excluding hydrogens is 208 g/mol. The minimum absolute atomic E-state index is 0.232. The van der Waals surface area contributed by atoms with Crippen LogP contribution in [0.1, 0.15) is 27.2 Å². The average Bonchev–Trinajstić information content (AvgIpc) is 2.82. The number of nitrogens with one attached hydrogen (secondary N) is 1. The van der Waals surface area contributed by atoms with E-state index in [0.29, 0.717) is 17.9 Å². The number of carbonyl (C=O) groups is 2. The molecule has 16 heavy (non-hydrogen) atoms. The van der Waals surface area contributed by atoms with Crippen LogP contribution in [0.25, 0.3) is 0 Å². The van der Waals surface area contributed by atoms with Crippen LogP contribution in [0.5, 0.6) is 0 Å². The second-order valence-corrected chi connectivity index (χ2v) is 4.86. The number of rotatable bonds is 5. The Labute approximate surface area is 95.7 Å². The van der Waals surface area contributed by atoms with E-state index < -0.39 is 17.9 Å². The van der Waals surface area contributed by atoms with Gasteiger partial charge in [-0.2, -0.15) is 0 Å². The Morgan fingerprint density at radius 1 is 1.56 bits per heavy atom. The van der Waals surface area contributed by atoms with E-state index in [1.165, 1.54) is 0 Å². The zero-order valence-electron chi connectivity index (χ0n) is 10.1. The standard InChI is InChI=1S/C11H20N2O3/c1-4-16-10(15)8(12)9(14)13-6-7-5-11(7,2)3/h7-8H,4-6,12H2,1-3H3,(H,13,14). The molecule has 5 heteroatoms. The largest absolute Gasteiger partial charge is 0.464 e. The number of nitrogens with two attached hydrogens (primary N) is 1. The normalized spacial score (nSPS) is 23.4. The van der Waals surface area contributed by atoms with Crippen molar-refractivity contribution in [1.82, 2.24) is 5.32 Å². The number of hydrogen-bond acceptors (Lipinski definition) is 4. The second kappa shape index (κ2) is 4.82. The molecule has 0 aromatic carbocycles. The summed E-state index contributed by atoms with van der Waals surface area (Å²) < 4.78 is 4.66. The predicted molar refractivity (Wildman–Crippen MR) is 59.5 cm³/mol. The lowest BCUT2D eigenvalue weighted by molar-refractivity contribution is -0.148. The van der Waals surface area contributed by atoms with Gasteiger partial charge in [-0.25, -0.2) is 4.79 Å². The van der Waals surface area contributed by atoms with Crippen LogP contribution in [0.4, 0.5) is 0 Å². The van der Waals surface area contributed by atoms with Crippen molar-refractivity contribution in [2.75, 3.05) is 13.2 Å². The minimum Gasteiger partial charge on any atom is -0.464 e. The molecule has 92 valence electrons. The van der Waals surface area contributed by atoms with Gasteiger partial charge in [-0.15, -0.1) is 0 Å². The van der Waals surface area contributed by atoms with Crippen molar-refractivity contribution in [3.05, 3.63) is 0 Å². The van der Waals surface area contributed by atoms with Crippen LogP contribution in [-0.2, 0) is 14.3 Å². The first-order valence-electron chi connectivity index (χ1n) is 5.58. The van der Waals surface area contributed by atoms with Gasteiger partial charge in [0.25, 0.3) is 0 Å². The second-order valence-electron chi connectivity index (χ2n) is 4.86. The third-order valence-electron chi connectivity index (χ3n) is 3.06. The summed E-state index contributed by atoms with van der Waals surface area (Å²) >= 11 is 0. The zero-order valence-corrected chi connectivity index (χ0v) is 10.1. The molecule has 1 saturated carbocycles. The van der Waals surface area contributed by atoms with E-state index in [4.69, 9.17) is 5.73 Å². The molecule has 1 fully saturated rings. The molecule has 2 atom stereocenters. The predicted octanol–water partition coefficient (Wildman–Crippen LogP) is 0.0391. The SMILES string of the molecule is CCOC(=O)C(N)C(=O)NCC1CC1(C)C. The van der Waals surface area contributed by atoms with E-state index in [9.17, 15) is 9.59 Å². The molecule has 0 bridgehead atoms. The van der Waals surface area contributed by atoms with Gasteiger partial charge in [0, 0.05) is 6.54 Å². The maximum absolute atomic E-state index is 11.5. The Kier molecular flexibility index (Phi) is 3.91. The van der Waals surface area contributed by atoms with Crippen molar-refractivity contribution >= 4 is 11.9 Å². The maximum atomic E-state index is 11.5. The lowest BCUT2D eigenvalue weighted by Gasteiger charge is -2.11. The summed E-state index contributed by atoms with van der Waals surface area (Å²) in [6.07, 6.45) is 1.10. The van der Waals surface area contributed by atoms with Crippen molar-refractivity contribution in [3.63, 3.8) is 0 Å². The summed E-state index contributed by atoms with van der Waals surface area (Å²) in [6.45, 7) is 6.79. The smallest absolute Gasteiger partial charge is 0.332 e. The molecular formula is C11H20N2O3.